The van der Waals surface area contributed by atoms with Gasteiger partial charge in [-0.15, -0.1) is 0 Å². The molecule has 2 amide bonds. The fraction of sp³-hybridized carbons (Fsp3) is 0.269. The van der Waals surface area contributed by atoms with Crippen LogP contribution in [0, 0.1) is 20.8 Å². The molecule has 1 aliphatic rings. The van der Waals surface area contributed by atoms with Crippen LogP contribution in [0.4, 0.5) is 11.4 Å². The number of aromatic nitrogens is 2. The third-order valence-corrected chi connectivity index (χ3v) is 5.81. The van der Waals surface area contributed by atoms with Crippen LogP contribution in [0.15, 0.2) is 54.6 Å². The van der Waals surface area contributed by atoms with Crippen molar-refractivity contribution < 1.29 is 9.59 Å². The van der Waals surface area contributed by atoms with E-state index in [9.17, 15) is 9.59 Å². The third-order valence-electron chi connectivity index (χ3n) is 5.81. The molecule has 1 saturated heterocycles. The maximum absolute atomic E-state index is 12.4. The summed E-state index contributed by atoms with van der Waals surface area (Å²) in [5.74, 6) is -0.0570. The number of hydrogen-bond donors (Lipinski definition) is 1. The first-order valence-corrected chi connectivity index (χ1v) is 10.9. The number of aryl methyl sites for hydroxylation is 2. The van der Waals surface area contributed by atoms with E-state index in [0.717, 1.165) is 35.6 Å². The van der Waals surface area contributed by atoms with Crippen molar-refractivity contribution in [2.75, 3.05) is 16.8 Å². The number of anilines is 2. The van der Waals surface area contributed by atoms with Gasteiger partial charge in [0.2, 0.25) is 11.8 Å². The molecule has 2 heterocycles. The zero-order valence-corrected chi connectivity index (χ0v) is 18.8. The second kappa shape index (κ2) is 9.22. The molecule has 0 bridgehead atoms. The van der Waals surface area contributed by atoms with Gasteiger partial charge < -0.3 is 10.2 Å². The number of nitrogens with zero attached hydrogens (tertiary/aromatic N) is 3. The van der Waals surface area contributed by atoms with Crippen molar-refractivity contribution in [1.29, 1.82) is 0 Å². The average Bonchev–Trinajstić information content (AvgIpc) is 3.31. The topological polar surface area (TPSA) is 67.2 Å². The van der Waals surface area contributed by atoms with Gasteiger partial charge in [0, 0.05) is 41.7 Å². The first kappa shape index (κ1) is 21.6. The Bertz CT molecular complexity index is 1160. The second-order valence-electron chi connectivity index (χ2n) is 8.25. The van der Waals surface area contributed by atoms with Gasteiger partial charge in [-0.05, 0) is 63.1 Å². The molecule has 0 spiro atoms. The minimum Gasteiger partial charge on any atom is -0.323 e. The van der Waals surface area contributed by atoms with Crippen molar-refractivity contribution in [3.8, 4) is 0 Å². The number of hydrogen-bond acceptors (Lipinski definition) is 3. The molecule has 1 aromatic heterocycles. The number of benzene rings is 2. The Hall–Kier alpha value is -3.67. The molecular formula is C26H28N4O2. The molecule has 0 atom stereocenters. The van der Waals surface area contributed by atoms with Crippen molar-refractivity contribution in [3.05, 3.63) is 82.7 Å². The molecule has 6 nitrogen and oxygen atoms in total. The summed E-state index contributed by atoms with van der Waals surface area (Å²) < 4.78 is 1.97. The number of nitrogens with one attached hydrogen (secondary N) is 1. The Morgan fingerprint density at radius 1 is 1.06 bits per heavy atom. The second-order valence-corrected chi connectivity index (χ2v) is 8.25. The smallest absolute Gasteiger partial charge is 0.248 e. The maximum atomic E-state index is 12.4. The molecule has 3 aromatic rings. The van der Waals surface area contributed by atoms with Crippen molar-refractivity contribution >= 4 is 29.3 Å². The summed E-state index contributed by atoms with van der Waals surface area (Å²) in [6.07, 6.45) is 4.84. The van der Waals surface area contributed by atoms with Gasteiger partial charge in [-0.25, -0.2) is 0 Å². The average molecular weight is 429 g/mol. The summed E-state index contributed by atoms with van der Waals surface area (Å²) in [6.45, 7) is 7.49. The predicted octanol–water partition coefficient (Wildman–Crippen LogP) is 4.64. The molecule has 4 rings (SSSR count). The Morgan fingerprint density at radius 2 is 1.78 bits per heavy atom. The maximum Gasteiger partial charge on any atom is 0.248 e. The SMILES string of the molecule is Cc1ccc(Cn2nc(C)c(/C=C\C(=O)Nc3ccc(N4CCCC4=O)cc3)c2C)cc1. The zero-order valence-electron chi connectivity index (χ0n) is 18.8. The van der Waals surface area contributed by atoms with Gasteiger partial charge in [-0.3, -0.25) is 14.3 Å². The molecule has 2 aromatic carbocycles. The third kappa shape index (κ3) is 4.80. The molecule has 1 fully saturated rings. The Morgan fingerprint density at radius 3 is 2.44 bits per heavy atom. The summed E-state index contributed by atoms with van der Waals surface area (Å²) in [4.78, 5) is 26.1. The molecule has 164 valence electrons. The van der Waals surface area contributed by atoms with Crippen molar-refractivity contribution in [1.82, 2.24) is 9.78 Å². The van der Waals surface area contributed by atoms with E-state index in [2.05, 4.69) is 41.6 Å². The van der Waals surface area contributed by atoms with Gasteiger partial charge in [0.25, 0.3) is 0 Å². The van der Waals surface area contributed by atoms with E-state index in [-0.39, 0.29) is 11.8 Å². The van der Waals surface area contributed by atoms with Crippen LogP contribution in [-0.2, 0) is 16.1 Å². The van der Waals surface area contributed by atoms with Crippen LogP contribution in [-0.4, -0.2) is 28.1 Å². The van der Waals surface area contributed by atoms with Gasteiger partial charge >= 0.3 is 0 Å². The fourth-order valence-electron chi connectivity index (χ4n) is 3.96. The Labute approximate surface area is 188 Å². The highest BCUT2D eigenvalue weighted by atomic mass is 16.2. The van der Waals surface area contributed by atoms with E-state index in [1.165, 1.54) is 17.2 Å². The van der Waals surface area contributed by atoms with Gasteiger partial charge in [-0.1, -0.05) is 29.8 Å². The molecule has 0 radical (unpaired) electrons. The summed E-state index contributed by atoms with van der Waals surface area (Å²) in [6, 6.07) is 15.8. The Balaban J connectivity index is 1.40. The van der Waals surface area contributed by atoms with Crippen molar-refractivity contribution in [2.24, 2.45) is 0 Å². The number of amides is 2. The standard InChI is InChI=1S/C26H28N4O2/c1-18-6-8-21(9-7-18)17-30-20(3)24(19(2)28-30)14-15-25(31)27-22-10-12-23(13-11-22)29-16-4-5-26(29)32/h6-15H,4-5,16-17H2,1-3H3,(H,27,31)/b15-14-. The van der Waals surface area contributed by atoms with Crippen LogP contribution in [0.5, 0.6) is 0 Å². The molecule has 0 saturated carbocycles. The zero-order chi connectivity index (χ0) is 22.7. The Kier molecular flexibility index (Phi) is 6.21. The largest absolute Gasteiger partial charge is 0.323 e. The van der Waals surface area contributed by atoms with Crippen LogP contribution < -0.4 is 10.2 Å². The lowest BCUT2D eigenvalue weighted by atomic mass is 10.1. The lowest BCUT2D eigenvalue weighted by molar-refractivity contribution is -0.117. The summed E-state index contributed by atoms with van der Waals surface area (Å²) >= 11 is 0. The van der Waals surface area contributed by atoms with Crippen molar-refractivity contribution in [2.45, 2.75) is 40.2 Å². The molecule has 1 N–H and O–H groups in total. The molecule has 1 aliphatic heterocycles. The summed E-state index contributed by atoms with van der Waals surface area (Å²) in [5.41, 5.74) is 6.84. The van der Waals surface area contributed by atoms with Crippen LogP contribution in [0.1, 0.15) is 40.9 Å². The van der Waals surface area contributed by atoms with E-state index in [1.807, 2.05) is 48.9 Å². The van der Waals surface area contributed by atoms with Gasteiger partial charge in [0.05, 0.1) is 12.2 Å². The summed E-state index contributed by atoms with van der Waals surface area (Å²) in [7, 11) is 0. The van der Waals surface area contributed by atoms with E-state index in [0.29, 0.717) is 18.7 Å². The first-order valence-electron chi connectivity index (χ1n) is 10.9. The highest BCUT2D eigenvalue weighted by Crippen LogP contribution is 2.23. The van der Waals surface area contributed by atoms with Crippen LogP contribution in [0.2, 0.25) is 0 Å². The highest BCUT2D eigenvalue weighted by Gasteiger charge is 2.21. The molecule has 6 heteroatoms. The molecule has 0 aliphatic carbocycles. The van der Waals surface area contributed by atoms with E-state index < -0.39 is 0 Å². The van der Waals surface area contributed by atoms with Crippen LogP contribution >= 0.6 is 0 Å². The van der Waals surface area contributed by atoms with Gasteiger partial charge in [0.1, 0.15) is 0 Å². The van der Waals surface area contributed by atoms with E-state index in [4.69, 9.17) is 0 Å². The lowest BCUT2D eigenvalue weighted by Gasteiger charge is -2.15. The number of rotatable bonds is 6. The van der Waals surface area contributed by atoms with Crippen LogP contribution in [0.3, 0.4) is 0 Å². The first-order chi connectivity index (χ1) is 15.4. The molecule has 32 heavy (non-hydrogen) atoms. The minimum atomic E-state index is -0.208. The van der Waals surface area contributed by atoms with Gasteiger partial charge in [-0.2, -0.15) is 5.10 Å². The molecule has 0 unspecified atom stereocenters. The minimum absolute atomic E-state index is 0.151. The fourth-order valence-corrected chi connectivity index (χ4v) is 3.96. The van der Waals surface area contributed by atoms with Gasteiger partial charge in [0.15, 0.2) is 0 Å². The van der Waals surface area contributed by atoms with Crippen LogP contribution in [0.25, 0.3) is 6.08 Å². The molecular weight excluding hydrogens is 400 g/mol. The predicted molar refractivity (Wildman–Crippen MR) is 128 cm³/mol. The number of carbonyl (C=O) groups excluding carboxylic acids is 2. The lowest BCUT2D eigenvalue weighted by Crippen LogP contribution is -2.23. The summed E-state index contributed by atoms with van der Waals surface area (Å²) in [5, 5.41) is 7.52. The monoisotopic (exact) mass is 428 g/mol. The normalized spacial score (nSPS) is 13.8. The number of carbonyl (C=O) groups is 2. The van der Waals surface area contributed by atoms with Crippen molar-refractivity contribution in [3.63, 3.8) is 0 Å². The highest BCUT2D eigenvalue weighted by molar-refractivity contribution is 6.02. The van der Waals surface area contributed by atoms with E-state index >= 15 is 0 Å². The quantitative estimate of drug-likeness (QED) is 0.582. The van der Waals surface area contributed by atoms with E-state index in [1.54, 1.807) is 4.90 Å².